The largest absolute Gasteiger partial charge is 0.395 e. The van der Waals surface area contributed by atoms with Crippen LogP contribution in [0.5, 0.6) is 0 Å². The summed E-state index contributed by atoms with van der Waals surface area (Å²) in [5.41, 5.74) is 0.768. The van der Waals surface area contributed by atoms with Gasteiger partial charge >= 0.3 is 0 Å². The van der Waals surface area contributed by atoms with Crippen LogP contribution in [-0.4, -0.2) is 31.0 Å². The van der Waals surface area contributed by atoms with E-state index in [0.717, 1.165) is 17.0 Å². The molecule has 0 radical (unpaired) electrons. The fraction of sp³-hybridized carbons (Fsp3) is 0.312. The van der Waals surface area contributed by atoms with Crippen molar-refractivity contribution in [3.63, 3.8) is 0 Å². The number of aromatic nitrogens is 1. The van der Waals surface area contributed by atoms with Crippen LogP contribution in [0.4, 0.5) is 0 Å². The Morgan fingerprint density at radius 1 is 1.42 bits per heavy atom. The zero-order valence-corrected chi connectivity index (χ0v) is 15.1. The van der Waals surface area contributed by atoms with Crippen molar-refractivity contribution < 1.29 is 18.0 Å². The first kappa shape index (κ1) is 17.4. The van der Waals surface area contributed by atoms with E-state index < -0.39 is 9.84 Å². The predicted molar refractivity (Wildman–Crippen MR) is 94.7 cm³/mol. The van der Waals surface area contributed by atoms with Crippen LogP contribution in [0, 0.1) is 5.92 Å². The summed E-state index contributed by atoms with van der Waals surface area (Å²) in [5, 5.41) is 13.0. The molecular formula is C16H16ClNO4S2. The highest BCUT2D eigenvalue weighted by Crippen LogP contribution is 2.32. The molecule has 24 heavy (non-hydrogen) atoms. The molecule has 5 nitrogen and oxygen atoms in total. The maximum atomic E-state index is 12.1. The number of hydrogen-bond donors (Lipinski definition) is 1. The first-order valence-corrected chi connectivity index (χ1v) is 10.3. The number of thiophene rings is 1. The van der Waals surface area contributed by atoms with E-state index >= 15 is 0 Å². The van der Waals surface area contributed by atoms with E-state index in [1.54, 1.807) is 18.2 Å². The SMILES string of the molecule is O=S(=O)(CCO)C1=CC(Cc2cc(-c3ccc(Cl)s3)on2)CC=C1. The van der Waals surface area contributed by atoms with Crippen molar-refractivity contribution in [2.24, 2.45) is 5.92 Å². The molecule has 1 aliphatic rings. The van der Waals surface area contributed by atoms with Crippen molar-refractivity contribution in [1.29, 1.82) is 0 Å². The summed E-state index contributed by atoms with van der Waals surface area (Å²) in [7, 11) is -3.43. The van der Waals surface area contributed by atoms with E-state index in [0.29, 0.717) is 16.5 Å². The highest BCUT2D eigenvalue weighted by molar-refractivity contribution is 7.95. The number of aliphatic hydroxyl groups is 1. The second-order valence-electron chi connectivity index (χ2n) is 5.50. The lowest BCUT2D eigenvalue weighted by atomic mass is 9.95. The van der Waals surface area contributed by atoms with Gasteiger partial charge in [-0.3, -0.25) is 0 Å². The summed E-state index contributed by atoms with van der Waals surface area (Å²) in [4.78, 5) is 1.17. The zero-order valence-electron chi connectivity index (χ0n) is 12.7. The second-order valence-corrected chi connectivity index (χ2v) is 9.32. The van der Waals surface area contributed by atoms with Gasteiger partial charge in [0.2, 0.25) is 0 Å². The van der Waals surface area contributed by atoms with Gasteiger partial charge in [0.1, 0.15) is 0 Å². The third kappa shape index (κ3) is 3.97. The van der Waals surface area contributed by atoms with E-state index in [-0.39, 0.29) is 23.2 Å². The Kier molecular flexibility index (Phi) is 5.24. The van der Waals surface area contributed by atoms with E-state index in [9.17, 15) is 8.42 Å². The molecule has 2 aromatic heterocycles. The number of hydrogen-bond acceptors (Lipinski definition) is 6. The van der Waals surface area contributed by atoms with Crippen LogP contribution >= 0.6 is 22.9 Å². The standard InChI is InChI=1S/C16H16ClNO4S2/c17-16-5-4-15(23-16)14-10-12(18-22-14)8-11-2-1-3-13(9-11)24(20,21)7-6-19/h1,3-5,9-11,19H,2,6-8H2. The molecule has 1 unspecified atom stereocenters. The minimum Gasteiger partial charge on any atom is -0.395 e. The predicted octanol–water partition coefficient (Wildman–Crippen LogP) is 3.47. The number of halogens is 1. The van der Waals surface area contributed by atoms with Crippen LogP contribution in [0.1, 0.15) is 12.1 Å². The van der Waals surface area contributed by atoms with Crippen LogP contribution in [0.25, 0.3) is 10.6 Å². The summed E-state index contributed by atoms with van der Waals surface area (Å²) in [6.45, 7) is -0.381. The number of rotatable bonds is 6. The fourth-order valence-corrected chi connectivity index (χ4v) is 4.71. The Morgan fingerprint density at radius 3 is 2.96 bits per heavy atom. The molecule has 1 aliphatic carbocycles. The normalized spacial score (nSPS) is 17.9. The summed E-state index contributed by atoms with van der Waals surface area (Å²) in [6, 6.07) is 5.53. The van der Waals surface area contributed by atoms with E-state index in [1.807, 2.05) is 18.2 Å². The van der Waals surface area contributed by atoms with Gasteiger partial charge in [-0.15, -0.1) is 11.3 Å². The lowest BCUT2D eigenvalue weighted by Crippen LogP contribution is -2.15. The molecule has 0 amide bonds. The fourth-order valence-electron chi connectivity index (χ4n) is 2.54. The van der Waals surface area contributed by atoms with E-state index in [4.69, 9.17) is 21.2 Å². The molecular weight excluding hydrogens is 370 g/mol. The average Bonchev–Trinajstić information content (AvgIpc) is 3.16. The van der Waals surface area contributed by atoms with Gasteiger partial charge in [-0.25, -0.2) is 8.42 Å². The number of aliphatic hydroxyl groups excluding tert-OH is 1. The van der Waals surface area contributed by atoms with Crippen molar-refractivity contribution in [2.75, 3.05) is 12.4 Å². The molecule has 0 fully saturated rings. The number of sulfone groups is 1. The first-order valence-electron chi connectivity index (χ1n) is 7.41. The van der Waals surface area contributed by atoms with E-state index in [2.05, 4.69) is 5.16 Å². The maximum absolute atomic E-state index is 12.1. The molecule has 0 aliphatic heterocycles. The van der Waals surface area contributed by atoms with Crippen molar-refractivity contribution in [3.8, 4) is 10.6 Å². The third-order valence-electron chi connectivity index (χ3n) is 3.69. The highest BCUT2D eigenvalue weighted by Gasteiger charge is 2.21. The van der Waals surface area contributed by atoms with Crippen molar-refractivity contribution in [3.05, 3.63) is 51.4 Å². The van der Waals surface area contributed by atoms with E-state index in [1.165, 1.54) is 11.3 Å². The molecule has 128 valence electrons. The zero-order chi connectivity index (χ0) is 17.2. The van der Waals surface area contributed by atoms with Gasteiger partial charge in [0.15, 0.2) is 15.6 Å². The topological polar surface area (TPSA) is 80.4 Å². The molecule has 0 saturated carbocycles. The molecule has 0 saturated heterocycles. The van der Waals surface area contributed by atoms with Crippen LogP contribution < -0.4 is 0 Å². The van der Waals surface area contributed by atoms with Gasteiger partial charge in [0.25, 0.3) is 0 Å². The quantitative estimate of drug-likeness (QED) is 0.823. The number of nitrogens with zero attached hydrogens (tertiary/aromatic N) is 1. The molecule has 2 heterocycles. The summed E-state index contributed by atoms with van der Waals surface area (Å²) >= 11 is 7.34. The van der Waals surface area contributed by atoms with Gasteiger partial charge in [-0.2, -0.15) is 0 Å². The van der Waals surface area contributed by atoms with Gasteiger partial charge in [-0.05, 0) is 37.0 Å². The molecule has 1 N–H and O–H groups in total. The van der Waals surface area contributed by atoms with Crippen LogP contribution in [0.3, 0.4) is 0 Å². The Labute approximate surface area is 149 Å². The molecule has 1 atom stereocenters. The molecule has 0 aromatic carbocycles. The summed E-state index contributed by atoms with van der Waals surface area (Å²) in [5.74, 6) is 0.428. The Bertz CT molecular complexity index is 880. The van der Waals surface area contributed by atoms with Gasteiger partial charge < -0.3 is 9.63 Å². The molecule has 3 rings (SSSR count). The highest BCUT2D eigenvalue weighted by atomic mass is 35.5. The molecule has 2 aromatic rings. The smallest absolute Gasteiger partial charge is 0.180 e. The first-order chi connectivity index (χ1) is 11.5. The minimum atomic E-state index is -3.43. The van der Waals surface area contributed by atoms with Crippen molar-refractivity contribution in [1.82, 2.24) is 5.16 Å². The Balaban J connectivity index is 1.74. The van der Waals surface area contributed by atoms with Crippen LogP contribution in [-0.2, 0) is 16.3 Å². The van der Waals surface area contributed by atoms with Gasteiger partial charge in [0.05, 0.1) is 32.2 Å². The van der Waals surface area contributed by atoms with Crippen molar-refractivity contribution in [2.45, 2.75) is 12.8 Å². The third-order valence-corrected chi connectivity index (χ3v) is 6.64. The maximum Gasteiger partial charge on any atom is 0.180 e. The molecule has 8 heteroatoms. The lowest BCUT2D eigenvalue weighted by molar-refractivity contribution is 0.320. The van der Waals surface area contributed by atoms with Crippen molar-refractivity contribution >= 4 is 32.8 Å². The van der Waals surface area contributed by atoms with Gasteiger partial charge in [0, 0.05) is 6.07 Å². The minimum absolute atomic E-state index is 0.0309. The van der Waals surface area contributed by atoms with Gasteiger partial charge in [-0.1, -0.05) is 28.9 Å². The summed E-state index contributed by atoms with van der Waals surface area (Å²) in [6.07, 6.45) is 6.51. The Hall–Kier alpha value is -1.41. The number of allylic oxidation sites excluding steroid dienone is 3. The molecule has 0 bridgehead atoms. The second kappa shape index (κ2) is 7.23. The molecule has 0 spiro atoms. The Morgan fingerprint density at radius 2 is 2.25 bits per heavy atom. The summed E-state index contributed by atoms with van der Waals surface area (Å²) < 4.78 is 30.1. The van der Waals surface area contributed by atoms with Crippen LogP contribution in [0.15, 0.2) is 45.9 Å². The monoisotopic (exact) mass is 385 g/mol. The lowest BCUT2D eigenvalue weighted by Gasteiger charge is -2.15. The average molecular weight is 386 g/mol. The van der Waals surface area contributed by atoms with Crippen LogP contribution in [0.2, 0.25) is 4.34 Å².